The van der Waals surface area contributed by atoms with E-state index in [0.717, 1.165) is 5.01 Å². The molecule has 1 aromatic heterocycles. The molecule has 0 aliphatic rings. The molecule has 0 saturated heterocycles. The summed E-state index contributed by atoms with van der Waals surface area (Å²) in [5.74, 6) is 0.440. The molecule has 0 saturated carbocycles. The molecule has 1 rings (SSSR count). The molecule has 0 aliphatic carbocycles. The van der Waals surface area contributed by atoms with Gasteiger partial charge in [0.2, 0.25) is 0 Å². The molecule has 1 aromatic rings. The lowest BCUT2D eigenvalue weighted by atomic mass is 10.2. The summed E-state index contributed by atoms with van der Waals surface area (Å²) >= 11 is 1.54. The Labute approximate surface area is 82.0 Å². The van der Waals surface area contributed by atoms with E-state index >= 15 is 0 Å². The molecule has 0 unspecified atom stereocenters. The molecule has 0 radical (unpaired) electrons. The van der Waals surface area contributed by atoms with Crippen molar-refractivity contribution in [2.45, 2.75) is 26.2 Å². The van der Waals surface area contributed by atoms with Gasteiger partial charge in [0.25, 0.3) is 0 Å². The maximum Gasteiger partial charge on any atom is 0.183 e. The van der Waals surface area contributed by atoms with E-state index in [9.17, 15) is 4.79 Å². The van der Waals surface area contributed by atoms with E-state index in [0.29, 0.717) is 24.6 Å². The standard InChI is InChI=1S/C9H14N2OS/c1-6(2)9-11-7(5-13-9)8(12)3-4-10/h5-6H,3-4,10H2,1-2H3. The van der Waals surface area contributed by atoms with Gasteiger partial charge in [0.1, 0.15) is 5.69 Å². The molecule has 2 N–H and O–H groups in total. The summed E-state index contributed by atoms with van der Waals surface area (Å²) in [6.45, 7) is 4.53. The van der Waals surface area contributed by atoms with Gasteiger partial charge in [0, 0.05) is 17.7 Å². The number of hydrogen-bond donors (Lipinski definition) is 1. The zero-order valence-electron chi connectivity index (χ0n) is 7.91. The van der Waals surface area contributed by atoms with Crippen molar-refractivity contribution < 1.29 is 4.79 Å². The summed E-state index contributed by atoms with van der Waals surface area (Å²) in [7, 11) is 0. The Hall–Kier alpha value is -0.740. The Morgan fingerprint density at radius 2 is 2.38 bits per heavy atom. The Bertz CT molecular complexity index is 294. The monoisotopic (exact) mass is 198 g/mol. The lowest BCUT2D eigenvalue weighted by Crippen LogP contribution is -2.08. The van der Waals surface area contributed by atoms with Gasteiger partial charge in [-0.05, 0) is 6.54 Å². The first-order chi connectivity index (χ1) is 6.15. The molecule has 0 atom stereocenters. The van der Waals surface area contributed by atoms with Crippen molar-refractivity contribution in [3.63, 3.8) is 0 Å². The number of thiazole rings is 1. The van der Waals surface area contributed by atoms with Crippen LogP contribution < -0.4 is 5.73 Å². The van der Waals surface area contributed by atoms with Gasteiger partial charge >= 0.3 is 0 Å². The van der Waals surface area contributed by atoms with E-state index < -0.39 is 0 Å². The summed E-state index contributed by atoms with van der Waals surface area (Å²) in [6.07, 6.45) is 0.390. The maximum atomic E-state index is 11.3. The highest BCUT2D eigenvalue weighted by atomic mass is 32.1. The van der Waals surface area contributed by atoms with Crippen LogP contribution in [-0.2, 0) is 0 Å². The van der Waals surface area contributed by atoms with Crippen LogP contribution in [0.1, 0.15) is 41.7 Å². The molecule has 0 aliphatic heterocycles. The fourth-order valence-electron chi connectivity index (χ4n) is 0.940. The fourth-order valence-corrected chi connectivity index (χ4v) is 1.78. The van der Waals surface area contributed by atoms with Gasteiger partial charge in [-0.25, -0.2) is 4.98 Å². The second-order valence-electron chi connectivity index (χ2n) is 3.19. The van der Waals surface area contributed by atoms with Gasteiger partial charge in [0.15, 0.2) is 5.78 Å². The topological polar surface area (TPSA) is 56.0 Å². The summed E-state index contributed by atoms with van der Waals surface area (Å²) in [4.78, 5) is 15.6. The predicted molar refractivity (Wildman–Crippen MR) is 54.2 cm³/mol. The number of Topliss-reactive ketones (excluding diaryl/α,β-unsaturated/α-hetero) is 1. The van der Waals surface area contributed by atoms with Crippen LogP contribution in [0, 0.1) is 0 Å². The Morgan fingerprint density at radius 1 is 1.69 bits per heavy atom. The Balaban J connectivity index is 2.73. The number of carbonyl (C=O) groups excluding carboxylic acids is 1. The number of ketones is 1. The minimum atomic E-state index is 0.0469. The smallest absolute Gasteiger partial charge is 0.183 e. The Kier molecular flexibility index (Phi) is 3.57. The normalized spacial score (nSPS) is 10.8. The van der Waals surface area contributed by atoms with Gasteiger partial charge in [-0.1, -0.05) is 13.8 Å². The van der Waals surface area contributed by atoms with E-state index in [1.165, 1.54) is 11.3 Å². The first-order valence-corrected chi connectivity index (χ1v) is 5.21. The van der Waals surface area contributed by atoms with Gasteiger partial charge in [-0.3, -0.25) is 4.79 Å². The number of hydrogen-bond acceptors (Lipinski definition) is 4. The Morgan fingerprint density at radius 3 is 2.85 bits per heavy atom. The lowest BCUT2D eigenvalue weighted by molar-refractivity contribution is 0.0981. The van der Waals surface area contributed by atoms with Gasteiger partial charge < -0.3 is 5.73 Å². The zero-order chi connectivity index (χ0) is 9.84. The molecule has 13 heavy (non-hydrogen) atoms. The average Bonchev–Trinajstić information content (AvgIpc) is 2.52. The number of rotatable bonds is 4. The van der Waals surface area contributed by atoms with Crippen LogP contribution in [0.4, 0.5) is 0 Å². The third kappa shape index (κ3) is 2.60. The highest BCUT2D eigenvalue weighted by Gasteiger charge is 2.11. The van der Waals surface area contributed by atoms with Crippen LogP contribution in [-0.4, -0.2) is 17.3 Å². The molecule has 72 valence electrons. The average molecular weight is 198 g/mol. The molecular formula is C9H14N2OS. The largest absolute Gasteiger partial charge is 0.330 e. The van der Waals surface area contributed by atoms with Crippen LogP contribution in [0.5, 0.6) is 0 Å². The molecule has 3 nitrogen and oxygen atoms in total. The number of aromatic nitrogens is 1. The summed E-state index contributed by atoms with van der Waals surface area (Å²) in [5.41, 5.74) is 5.86. The molecule has 0 fully saturated rings. The van der Waals surface area contributed by atoms with Crippen molar-refractivity contribution in [3.8, 4) is 0 Å². The minimum absolute atomic E-state index is 0.0469. The van der Waals surface area contributed by atoms with Crippen molar-refractivity contribution in [3.05, 3.63) is 16.1 Å². The maximum absolute atomic E-state index is 11.3. The van der Waals surface area contributed by atoms with E-state index in [4.69, 9.17) is 5.73 Å². The molecule has 0 spiro atoms. The van der Waals surface area contributed by atoms with Crippen LogP contribution in [0.25, 0.3) is 0 Å². The van der Waals surface area contributed by atoms with Crippen molar-refractivity contribution in [1.29, 1.82) is 0 Å². The van der Waals surface area contributed by atoms with Crippen molar-refractivity contribution in [2.75, 3.05) is 6.54 Å². The van der Waals surface area contributed by atoms with Crippen LogP contribution in [0.2, 0.25) is 0 Å². The molecule has 0 bridgehead atoms. The highest BCUT2D eigenvalue weighted by Crippen LogP contribution is 2.19. The van der Waals surface area contributed by atoms with Gasteiger partial charge in [0.05, 0.1) is 5.01 Å². The van der Waals surface area contributed by atoms with Crippen LogP contribution in [0.3, 0.4) is 0 Å². The highest BCUT2D eigenvalue weighted by molar-refractivity contribution is 7.09. The molecule has 0 aromatic carbocycles. The van der Waals surface area contributed by atoms with Crippen LogP contribution in [0.15, 0.2) is 5.38 Å². The lowest BCUT2D eigenvalue weighted by Gasteiger charge is -1.96. The van der Waals surface area contributed by atoms with E-state index in [2.05, 4.69) is 18.8 Å². The van der Waals surface area contributed by atoms with E-state index in [1.807, 2.05) is 5.38 Å². The molecule has 0 amide bonds. The number of nitrogens with two attached hydrogens (primary N) is 1. The van der Waals surface area contributed by atoms with Crippen LogP contribution >= 0.6 is 11.3 Å². The summed E-state index contributed by atoms with van der Waals surface area (Å²) < 4.78 is 0. The zero-order valence-corrected chi connectivity index (χ0v) is 8.73. The third-order valence-electron chi connectivity index (χ3n) is 1.67. The second-order valence-corrected chi connectivity index (χ2v) is 4.08. The second kappa shape index (κ2) is 4.48. The van der Waals surface area contributed by atoms with Gasteiger partial charge in [-0.15, -0.1) is 11.3 Å². The quantitative estimate of drug-likeness (QED) is 0.750. The first-order valence-electron chi connectivity index (χ1n) is 4.34. The first kappa shape index (κ1) is 10.3. The van der Waals surface area contributed by atoms with Crippen molar-refractivity contribution in [2.24, 2.45) is 5.73 Å². The van der Waals surface area contributed by atoms with E-state index in [1.54, 1.807) is 0 Å². The number of nitrogens with zero attached hydrogens (tertiary/aromatic N) is 1. The predicted octanol–water partition coefficient (Wildman–Crippen LogP) is 1.80. The van der Waals surface area contributed by atoms with E-state index in [-0.39, 0.29) is 5.78 Å². The number of carbonyl (C=O) groups is 1. The fraction of sp³-hybridized carbons (Fsp3) is 0.556. The minimum Gasteiger partial charge on any atom is -0.330 e. The van der Waals surface area contributed by atoms with Crippen molar-refractivity contribution in [1.82, 2.24) is 4.98 Å². The van der Waals surface area contributed by atoms with Gasteiger partial charge in [-0.2, -0.15) is 0 Å². The van der Waals surface area contributed by atoms with Crippen molar-refractivity contribution >= 4 is 17.1 Å². The molecule has 4 heteroatoms. The summed E-state index contributed by atoms with van der Waals surface area (Å²) in [5, 5.41) is 2.83. The SMILES string of the molecule is CC(C)c1nc(C(=O)CCN)cs1. The summed E-state index contributed by atoms with van der Waals surface area (Å²) in [6, 6.07) is 0. The molecule has 1 heterocycles. The third-order valence-corrected chi connectivity index (χ3v) is 2.82. The molecular weight excluding hydrogens is 184 g/mol.